The largest absolute Gasteiger partial charge is 0.419 e. The predicted molar refractivity (Wildman–Crippen MR) is 125 cm³/mol. The van der Waals surface area contributed by atoms with Gasteiger partial charge >= 0.3 is 0 Å². The van der Waals surface area contributed by atoms with Crippen LogP contribution in [0.5, 0.6) is 0 Å². The first-order valence-corrected chi connectivity index (χ1v) is 11.5. The molecule has 0 spiro atoms. The van der Waals surface area contributed by atoms with E-state index in [1.54, 1.807) is 12.4 Å². The van der Waals surface area contributed by atoms with Gasteiger partial charge < -0.3 is 14.7 Å². The first-order chi connectivity index (χ1) is 16.0. The van der Waals surface area contributed by atoms with E-state index in [9.17, 15) is 4.79 Å². The van der Waals surface area contributed by atoms with Crippen molar-refractivity contribution < 1.29 is 9.21 Å². The van der Waals surface area contributed by atoms with E-state index in [1.807, 2.05) is 32.0 Å². The Morgan fingerprint density at radius 1 is 1.09 bits per heavy atom. The molecule has 33 heavy (non-hydrogen) atoms. The Morgan fingerprint density at radius 3 is 2.67 bits per heavy atom. The van der Waals surface area contributed by atoms with Gasteiger partial charge in [0.25, 0.3) is 11.8 Å². The monoisotopic (exact) mass is 444 g/mol. The fraction of sp³-hybridized carbons (Fsp3) is 0.400. The number of benzene rings is 1. The number of aromatic nitrogens is 5. The molecule has 0 radical (unpaired) electrons. The maximum atomic E-state index is 12.9. The molecule has 0 bridgehead atoms. The van der Waals surface area contributed by atoms with Crippen LogP contribution in [0.4, 0.5) is 0 Å². The lowest BCUT2D eigenvalue weighted by molar-refractivity contribution is 0.0944. The van der Waals surface area contributed by atoms with Gasteiger partial charge in [-0.3, -0.25) is 9.78 Å². The first-order valence-electron chi connectivity index (χ1n) is 11.5. The van der Waals surface area contributed by atoms with Gasteiger partial charge in [-0.1, -0.05) is 6.07 Å². The Morgan fingerprint density at radius 2 is 1.91 bits per heavy atom. The molecule has 170 valence electrons. The normalized spacial score (nSPS) is 18.5. The average molecular weight is 445 g/mol. The zero-order valence-electron chi connectivity index (χ0n) is 19.2. The van der Waals surface area contributed by atoms with Crippen LogP contribution in [0.25, 0.3) is 22.5 Å². The van der Waals surface area contributed by atoms with E-state index in [2.05, 4.69) is 37.4 Å². The number of fused-ring (bicyclic) bond motifs is 1. The molecule has 1 fully saturated rings. The molecule has 8 heteroatoms. The number of hydrogen-bond acceptors (Lipinski definition) is 6. The average Bonchev–Trinajstić information content (AvgIpc) is 3.43. The smallest absolute Gasteiger partial charge is 0.267 e. The second kappa shape index (κ2) is 8.77. The van der Waals surface area contributed by atoms with Crippen molar-refractivity contribution in [1.82, 2.24) is 30.5 Å². The van der Waals surface area contributed by atoms with Crippen molar-refractivity contribution in [1.29, 1.82) is 0 Å². The molecular weight excluding hydrogens is 416 g/mol. The van der Waals surface area contributed by atoms with Crippen molar-refractivity contribution in [3.8, 4) is 11.6 Å². The number of rotatable bonds is 5. The summed E-state index contributed by atoms with van der Waals surface area (Å²) in [5.74, 6) is 1.77. The van der Waals surface area contributed by atoms with Crippen LogP contribution < -0.4 is 5.32 Å². The van der Waals surface area contributed by atoms with E-state index < -0.39 is 0 Å². The van der Waals surface area contributed by atoms with Gasteiger partial charge in [0, 0.05) is 40.8 Å². The SMILES string of the molecule is Cc1cnc(-c2nnc(C3CCC(CNC(=O)c4cccc5[nH]c(C)c(C)c45)CC3)o2)cn1. The molecule has 3 aromatic heterocycles. The standard InChI is InChI=1S/C25H28N6O2/c1-14-11-27-21(13-26-14)25-31-30-24(33-25)18-9-7-17(8-10-18)12-28-23(32)19-5-4-6-20-22(19)15(2)16(3)29-20/h4-6,11,13,17-18,29H,7-10,12H2,1-3H3,(H,28,32). The van der Waals surface area contributed by atoms with Crippen molar-refractivity contribution in [3.63, 3.8) is 0 Å². The second-order valence-electron chi connectivity index (χ2n) is 9.02. The summed E-state index contributed by atoms with van der Waals surface area (Å²) in [6.07, 6.45) is 7.31. The van der Waals surface area contributed by atoms with Crippen LogP contribution in [0, 0.1) is 26.7 Å². The van der Waals surface area contributed by atoms with Crippen molar-refractivity contribution in [3.05, 3.63) is 59.0 Å². The predicted octanol–water partition coefficient (Wildman–Crippen LogP) is 4.64. The third-order valence-corrected chi connectivity index (χ3v) is 6.76. The number of nitrogens with zero attached hydrogens (tertiary/aromatic N) is 4. The highest BCUT2D eigenvalue weighted by molar-refractivity contribution is 6.07. The minimum atomic E-state index is -0.00873. The Kier molecular flexibility index (Phi) is 5.66. The van der Waals surface area contributed by atoms with Crippen LogP contribution in [0.15, 0.2) is 35.0 Å². The molecule has 1 amide bonds. The fourth-order valence-corrected chi connectivity index (χ4v) is 4.68. The molecule has 0 atom stereocenters. The summed E-state index contributed by atoms with van der Waals surface area (Å²) in [4.78, 5) is 24.8. The quantitative estimate of drug-likeness (QED) is 0.464. The minimum Gasteiger partial charge on any atom is -0.419 e. The molecule has 4 aromatic rings. The Labute approximate surface area is 192 Å². The summed E-state index contributed by atoms with van der Waals surface area (Å²) < 4.78 is 5.90. The highest BCUT2D eigenvalue weighted by Gasteiger charge is 2.27. The van der Waals surface area contributed by atoms with Crippen LogP contribution in [-0.2, 0) is 0 Å². The van der Waals surface area contributed by atoms with E-state index in [0.717, 1.165) is 59.1 Å². The van der Waals surface area contributed by atoms with Crippen LogP contribution >= 0.6 is 0 Å². The highest BCUT2D eigenvalue weighted by atomic mass is 16.4. The number of aryl methyl sites for hydroxylation is 3. The molecule has 0 unspecified atom stereocenters. The lowest BCUT2D eigenvalue weighted by Crippen LogP contribution is -2.31. The van der Waals surface area contributed by atoms with Crippen LogP contribution in [0.2, 0.25) is 0 Å². The number of hydrogen-bond donors (Lipinski definition) is 2. The van der Waals surface area contributed by atoms with Gasteiger partial charge in [-0.25, -0.2) is 4.98 Å². The zero-order valence-corrected chi connectivity index (χ0v) is 19.2. The van der Waals surface area contributed by atoms with E-state index in [-0.39, 0.29) is 11.8 Å². The van der Waals surface area contributed by atoms with Crippen molar-refractivity contribution in [2.24, 2.45) is 5.92 Å². The number of H-pyrrole nitrogens is 1. The zero-order chi connectivity index (χ0) is 22.9. The van der Waals surface area contributed by atoms with E-state index >= 15 is 0 Å². The number of amides is 1. The Balaban J connectivity index is 1.17. The molecule has 0 saturated heterocycles. The summed E-state index contributed by atoms with van der Waals surface area (Å²) in [6.45, 7) is 6.66. The van der Waals surface area contributed by atoms with Gasteiger partial charge in [-0.15, -0.1) is 10.2 Å². The first kappa shape index (κ1) is 21.3. The Bertz CT molecular complexity index is 1280. The lowest BCUT2D eigenvalue weighted by atomic mass is 9.82. The third kappa shape index (κ3) is 4.25. The molecule has 2 N–H and O–H groups in total. The minimum absolute atomic E-state index is 0.00873. The van der Waals surface area contributed by atoms with Crippen molar-refractivity contribution >= 4 is 16.8 Å². The van der Waals surface area contributed by atoms with Crippen molar-refractivity contribution in [2.45, 2.75) is 52.4 Å². The second-order valence-corrected chi connectivity index (χ2v) is 9.02. The van der Waals surface area contributed by atoms with E-state index in [4.69, 9.17) is 4.42 Å². The van der Waals surface area contributed by atoms with E-state index in [1.165, 1.54) is 0 Å². The molecule has 1 aliphatic rings. The molecule has 0 aliphatic heterocycles. The van der Waals surface area contributed by atoms with Gasteiger partial charge in [0.15, 0.2) is 0 Å². The number of nitrogens with one attached hydrogen (secondary N) is 2. The number of carbonyl (C=O) groups excluding carboxylic acids is 1. The number of carbonyl (C=O) groups is 1. The Hall–Kier alpha value is -3.55. The topological polar surface area (TPSA) is 110 Å². The fourth-order valence-electron chi connectivity index (χ4n) is 4.68. The maximum Gasteiger partial charge on any atom is 0.267 e. The third-order valence-electron chi connectivity index (χ3n) is 6.76. The van der Waals surface area contributed by atoms with Gasteiger partial charge in [0.1, 0.15) is 5.69 Å². The molecule has 1 aliphatic carbocycles. The van der Waals surface area contributed by atoms with Crippen LogP contribution in [0.3, 0.4) is 0 Å². The van der Waals surface area contributed by atoms with Gasteiger partial charge in [0.05, 0.1) is 11.9 Å². The summed E-state index contributed by atoms with van der Waals surface area (Å²) in [6, 6.07) is 5.85. The summed E-state index contributed by atoms with van der Waals surface area (Å²) in [5.41, 5.74) is 5.42. The molecular formula is C25H28N6O2. The van der Waals surface area contributed by atoms with Crippen LogP contribution in [-0.4, -0.2) is 37.6 Å². The molecule has 5 rings (SSSR count). The van der Waals surface area contributed by atoms with Gasteiger partial charge in [-0.2, -0.15) is 0 Å². The summed E-state index contributed by atoms with van der Waals surface area (Å²) in [7, 11) is 0. The van der Waals surface area contributed by atoms with Gasteiger partial charge in [0.2, 0.25) is 5.89 Å². The molecule has 8 nitrogen and oxygen atoms in total. The van der Waals surface area contributed by atoms with Gasteiger partial charge in [-0.05, 0) is 70.1 Å². The van der Waals surface area contributed by atoms with E-state index in [0.29, 0.717) is 29.9 Å². The maximum absolute atomic E-state index is 12.9. The lowest BCUT2D eigenvalue weighted by Gasteiger charge is -2.26. The van der Waals surface area contributed by atoms with Crippen molar-refractivity contribution in [2.75, 3.05) is 6.54 Å². The molecule has 1 saturated carbocycles. The summed E-state index contributed by atoms with van der Waals surface area (Å²) in [5, 5.41) is 12.6. The number of aromatic amines is 1. The summed E-state index contributed by atoms with van der Waals surface area (Å²) >= 11 is 0. The molecule has 1 aromatic carbocycles. The highest BCUT2D eigenvalue weighted by Crippen LogP contribution is 2.35. The van der Waals surface area contributed by atoms with Crippen LogP contribution in [0.1, 0.15) is 64.8 Å². The molecule has 3 heterocycles.